The molecule has 0 saturated carbocycles. The summed E-state index contributed by atoms with van der Waals surface area (Å²) < 4.78 is 48.7. The molecule has 17 nitrogen and oxygen atoms in total. The molecule has 1 amide bonds. The van der Waals surface area contributed by atoms with Gasteiger partial charge in [0, 0.05) is 51.0 Å². The Labute approximate surface area is 396 Å². The molecule has 0 aliphatic heterocycles. The number of methoxy groups -OCH3 is 4. The van der Waals surface area contributed by atoms with E-state index in [0.717, 1.165) is 24.0 Å². The summed E-state index contributed by atoms with van der Waals surface area (Å²) in [7, 11) is 6.04. The van der Waals surface area contributed by atoms with E-state index in [2.05, 4.69) is 50.7 Å². The Bertz CT molecular complexity index is 2330. The number of amides is 1. The number of hydrogen-bond acceptors (Lipinski definition) is 15. The lowest BCUT2D eigenvalue weighted by atomic mass is 10.1. The predicted molar refractivity (Wildman–Crippen MR) is 260 cm³/mol. The van der Waals surface area contributed by atoms with Crippen molar-refractivity contribution in [3.63, 3.8) is 0 Å². The van der Waals surface area contributed by atoms with Crippen molar-refractivity contribution in [1.82, 2.24) is 29.5 Å². The highest BCUT2D eigenvalue weighted by Crippen LogP contribution is 2.37. The fourth-order valence-electron chi connectivity index (χ4n) is 6.84. The second-order valence-corrected chi connectivity index (χ2v) is 23.7. The van der Waals surface area contributed by atoms with E-state index in [0.29, 0.717) is 77.7 Å². The van der Waals surface area contributed by atoms with Crippen LogP contribution in [0.25, 0.3) is 5.65 Å². The van der Waals surface area contributed by atoms with Gasteiger partial charge in [0.25, 0.3) is 0 Å². The Balaban J connectivity index is 1.55. The van der Waals surface area contributed by atoms with Crippen LogP contribution in [0.1, 0.15) is 96.2 Å². The average Bonchev–Trinajstić information content (AvgIpc) is 3.71. The molecule has 3 aromatic heterocycles. The van der Waals surface area contributed by atoms with Crippen LogP contribution in [0.4, 0.5) is 10.6 Å². The number of ether oxygens (including phenoxy) is 7. The number of aromatic nitrogens is 5. The molecule has 0 aliphatic carbocycles. The van der Waals surface area contributed by atoms with Crippen LogP contribution in [-0.4, -0.2) is 116 Å². The van der Waals surface area contributed by atoms with Gasteiger partial charge in [0.1, 0.15) is 24.4 Å². The fraction of sp³-hybridized carbons (Fsp3) is 0.531. The second kappa shape index (κ2) is 22.8. The van der Waals surface area contributed by atoms with Gasteiger partial charge in [0.15, 0.2) is 42.8 Å². The maximum Gasteiger partial charge on any atom is 0.410 e. The van der Waals surface area contributed by atoms with E-state index >= 15 is 0 Å². The van der Waals surface area contributed by atoms with E-state index in [1.165, 1.54) is 11.1 Å². The molecule has 1 N–H and O–H groups in total. The highest BCUT2D eigenvalue weighted by Gasteiger charge is 2.37. The quantitative estimate of drug-likeness (QED) is 0.0614. The normalized spacial score (nSPS) is 12.9. The summed E-state index contributed by atoms with van der Waals surface area (Å²) >= 11 is 0. The molecule has 0 spiro atoms. The predicted octanol–water partition coefficient (Wildman–Crippen LogP) is 9.05. The molecule has 0 bridgehead atoms. The highest BCUT2D eigenvalue weighted by molar-refractivity contribution is 6.74. The Morgan fingerprint density at radius 2 is 1.42 bits per heavy atom. The van der Waals surface area contributed by atoms with Gasteiger partial charge in [-0.2, -0.15) is 4.98 Å². The number of carbonyl (C=O) groups is 1. The van der Waals surface area contributed by atoms with Crippen molar-refractivity contribution in [1.29, 1.82) is 0 Å². The summed E-state index contributed by atoms with van der Waals surface area (Å²) in [5, 5.41) is 17.0. The van der Waals surface area contributed by atoms with Gasteiger partial charge in [-0.3, -0.25) is 0 Å². The molecule has 0 radical (unpaired) electrons. The molecule has 18 heteroatoms. The van der Waals surface area contributed by atoms with E-state index in [1.54, 1.807) is 58.3 Å². The molecule has 3 heterocycles. The van der Waals surface area contributed by atoms with Crippen LogP contribution in [0.5, 0.6) is 34.9 Å². The molecule has 2 aromatic carbocycles. The number of fused-ring (bicyclic) bond motifs is 1. The van der Waals surface area contributed by atoms with Crippen LogP contribution in [0, 0.1) is 0 Å². The Hall–Kier alpha value is -5.85. The number of aliphatic hydroxyl groups excluding tert-OH is 1. The first-order valence-electron chi connectivity index (χ1n) is 22.6. The Morgan fingerprint density at radius 1 is 0.806 bits per heavy atom. The summed E-state index contributed by atoms with van der Waals surface area (Å²) in [5.41, 5.74) is 2.42. The summed E-state index contributed by atoms with van der Waals surface area (Å²) in [6.45, 7) is 20.4. The fourth-order valence-corrected chi connectivity index (χ4v) is 7.90. The molecule has 0 aliphatic rings. The van der Waals surface area contributed by atoms with Crippen molar-refractivity contribution in [3.05, 3.63) is 83.3 Å². The molecule has 2 unspecified atom stereocenters. The van der Waals surface area contributed by atoms with Crippen molar-refractivity contribution < 1.29 is 47.5 Å². The molecule has 2 atom stereocenters. The standard InChI is InChI=1S/C49H71N7O10Si/c1-15-16-36(23-25-64-67(13,14)49(5,6)7)65-46-52-45(55(31-33-17-20-38(59-9)40(27-33)61-11)32-34-18-21-39(60-10)41(28-34)62-12)44-51-30-37(56(44)53-46)43(57)35-19-22-42(50-29-35)63-26-24-54(8)47(58)66-48(2,3)4/h17-22,27-30,36,43,57H,15-16,23-26,31-32H2,1-14H3. The van der Waals surface area contributed by atoms with Crippen molar-refractivity contribution >= 4 is 25.9 Å². The summed E-state index contributed by atoms with van der Waals surface area (Å²) in [5.74, 6) is 3.14. The molecule has 5 aromatic rings. The first-order chi connectivity index (χ1) is 31.7. The summed E-state index contributed by atoms with van der Waals surface area (Å²) in [6.07, 6.45) is 3.45. The zero-order chi connectivity index (χ0) is 49.1. The number of hydrogen-bond donors (Lipinski definition) is 1. The number of aliphatic hydroxyl groups is 1. The molecule has 366 valence electrons. The number of likely N-dealkylation sites (N-methyl/N-ethyl adjacent to an activating group) is 1. The SMILES string of the molecule is CCCC(CCO[Si](C)(C)C(C)(C)C)Oc1nc(N(Cc2ccc(OC)c(OC)c2)Cc2ccc(OC)c(OC)c2)c2ncc(C(O)c3ccc(OCCN(C)C(=O)OC(C)(C)C)nc3)n2n1. The van der Waals surface area contributed by atoms with E-state index in [-0.39, 0.29) is 30.3 Å². The van der Waals surface area contributed by atoms with Gasteiger partial charge in [-0.15, -0.1) is 5.10 Å². The number of rotatable bonds is 23. The van der Waals surface area contributed by atoms with E-state index in [1.807, 2.05) is 57.2 Å². The maximum atomic E-state index is 12.4. The summed E-state index contributed by atoms with van der Waals surface area (Å²) in [6, 6.07) is 15.0. The Morgan fingerprint density at radius 3 is 1.94 bits per heavy atom. The highest BCUT2D eigenvalue weighted by atomic mass is 28.4. The van der Waals surface area contributed by atoms with Crippen LogP contribution in [0.2, 0.25) is 18.1 Å². The smallest absolute Gasteiger partial charge is 0.410 e. The van der Waals surface area contributed by atoms with Crippen molar-refractivity contribution in [2.75, 3.05) is 60.1 Å². The van der Waals surface area contributed by atoms with E-state index in [9.17, 15) is 9.90 Å². The minimum Gasteiger partial charge on any atom is -0.493 e. The first-order valence-corrected chi connectivity index (χ1v) is 25.6. The van der Waals surface area contributed by atoms with Crippen LogP contribution in [0.15, 0.2) is 60.9 Å². The van der Waals surface area contributed by atoms with Crippen LogP contribution in [0.3, 0.4) is 0 Å². The van der Waals surface area contributed by atoms with Crippen LogP contribution >= 0.6 is 0 Å². The number of carbonyl (C=O) groups excluding carboxylic acids is 1. The van der Waals surface area contributed by atoms with Crippen molar-refractivity contribution in [3.8, 4) is 34.9 Å². The van der Waals surface area contributed by atoms with Crippen molar-refractivity contribution in [2.45, 2.75) is 117 Å². The average molecular weight is 946 g/mol. The molecule has 5 rings (SSSR count). The monoisotopic (exact) mass is 946 g/mol. The van der Waals surface area contributed by atoms with Crippen LogP contribution < -0.4 is 33.3 Å². The third kappa shape index (κ3) is 13.9. The van der Waals surface area contributed by atoms with Gasteiger partial charge in [-0.05, 0) is 86.8 Å². The maximum absolute atomic E-state index is 12.4. The van der Waals surface area contributed by atoms with Gasteiger partial charge in [0.05, 0.1) is 46.9 Å². The lowest BCUT2D eigenvalue weighted by Gasteiger charge is -2.36. The molecule has 0 fully saturated rings. The molecular formula is C49H71N7O10Si. The molecule has 67 heavy (non-hydrogen) atoms. The zero-order valence-electron chi connectivity index (χ0n) is 41.8. The number of anilines is 1. The Kier molecular flexibility index (Phi) is 17.7. The zero-order valence-corrected chi connectivity index (χ0v) is 42.8. The molecule has 0 saturated heterocycles. The molecular weight excluding hydrogens is 875 g/mol. The van der Waals surface area contributed by atoms with E-state index in [4.69, 9.17) is 52.7 Å². The van der Waals surface area contributed by atoms with Gasteiger partial charge in [-0.25, -0.2) is 19.3 Å². The number of nitrogens with zero attached hydrogens (tertiary/aromatic N) is 7. The number of benzene rings is 2. The van der Waals surface area contributed by atoms with Gasteiger partial charge < -0.3 is 52.5 Å². The van der Waals surface area contributed by atoms with Crippen molar-refractivity contribution in [2.24, 2.45) is 0 Å². The van der Waals surface area contributed by atoms with E-state index < -0.39 is 26.1 Å². The lowest BCUT2D eigenvalue weighted by Crippen LogP contribution is -2.41. The van der Waals surface area contributed by atoms with Crippen LogP contribution in [-0.2, 0) is 22.3 Å². The second-order valence-electron chi connectivity index (χ2n) is 18.9. The largest absolute Gasteiger partial charge is 0.493 e. The van der Waals surface area contributed by atoms with Gasteiger partial charge >= 0.3 is 12.1 Å². The number of pyridine rings is 1. The number of imidazole rings is 1. The van der Waals surface area contributed by atoms with Gasteiger partial charge in [-0.1, -0.05) is 46.2 Å². The third-order valence-electron chi connectivity index (χ3n) is 11.6. The lowest BCUT2D eigenvalue weighted by molar-refractivity contribution is 0.0277. The summed E-state index contributed by atoms with van der Waals surface area (Å²) in [4.78, 5) is 30.3. The third-order valence-corrected chi connectivity index (χ3v) is 16.2. The minimum absolute atomic E-state index is 0.0597. The van der Waals surface area contributed by atoms with Gasteiger partial charge in [0.2, 0.25) is 5.88 Å². The topological polar surface area (TPSA) is 174 Å². The first kappa shape index (κ1) is 52.1. The minimum atomic E-state index is -2.02.